The second kappa shape index (κ2) is 11.3. The van der Waals surface area contributed by atoms with Gasteiger partial charge in [0.15, 0.2) is 0 Å². The lowest BCUT2D eigenvalue weighted by atomic mass is 10.1. The summed E-state index contributed by atoms with van der Waals surface area (Å²) in [7, 11) is 1.63. The van der Waals surface area contributed by atoms with Gasteiger partial charge in [-0.05, 0) is 54.3 Å². The van der Waals surface area contributed by atoms with Gasteiger partial charge in [0.2, 0.25) is 0 Å². The normalized spacial score (nSPS) is 14.9. The fraction of sp³-hybridized carbons (Fsp3) is 0.346. The van der Waals surface area contributed by atoms with Crippen LogP contribution in [-0.2, 0) is 6.42 Å². The van der Waals surface area contributed by atoms with Gasteiger partial charge >= 0.3 is 0 Å². The van der Waals surface area contributed by atoms with Crippen LogP contribution < -0.4 is 9.64 Å². The Morgan fingerprint density at radius 3 is 2.22 bits per heavy atom. The average molecular weight is 450 g/mol. The van der Waals surface area contributed by atoms with E-state index in [1.54, 1.807) is 7.11 Å². The first-order valence-corrected chi connectivity index (χ1v) is 12.1. The van der Waals surface area contributed by atoms with Gasteiger partial charge in [0, 0.05) is 61.9 Å². The van der Waals surface area contributed by atoms with E-state index in [0.29, 0.717) is 12.1 Å². The Hall–Kier alpha value is -2.67. The molecular formula is C26H31N3O2S. The maximum absolute atomic E-state index is 13.3. The summed E-state index contributed by atoms with van der Waals surface area (Å²) >= 11 is 1.84. The molecule has 1 aliphatic rings. The molecule has 2 aromatic carbocycles. The molecule has 4 rings (SSSR count). The number of thiophene rings is 1. The van der Waals surface area contributed by atoms with Gasteiger partial charge in [0.25, 0.3) is 5.91 Å². The van der Waals surface area contributed by atoms with E-state index in [4.69, 9.17) is 4.74 Å². The van der Waals surface area contributed by atoms with Crippen molar-refractivity contribution in [3.05, 3.63) is 82.6 Å². The van der Waals surface area contributed by atoms with Crippen molar-refractivity contribution >= 4 is 22.9 Å². The standard InChI is InChI=1S/C26H31N3O2S/c1-31-24-11-9-22(10-12-24)26(30)29(23-6-3-2-4-7-23)20-19-28-17-15-27(16-18-28)14-13-25-8-5-21-32-25/h2-12,21H,13-20H2,1H3. The lowest BCUT2D eigenvalue weighted by Gasteiger charge is -2.35. The van der Waals surface area contributed by atoms with Crippen LogP contribution in [0.25, 0.3) is 0 Å². The number of ether oxygens (including phenoxy) is 1. The summed E-state index contributed by atoms with van der Waals surface area (Å²) < 4.78 is 5.23. The van der Waals surface area contributed by atoms with Crippen LogP contribution in [0.1, 0.15) is 15.2 Å². The number of piperazine rings is 1. The number of anilines is 1. The Labute approximate surface area is 194 Å². The first-order valence-electron chi connectivity index (χ1n) is 11.2. The number of carbonyl (C=O) groups is 1. The minimum Gasteiger partial charge on any atom is -0.497 e. The van der Waals surface area contributed by atoms with Gasteiger partial charge in [-0.1, -0.05) is 24.3 Å². The number of rotatable bonds is 9. The van der Waals surface area contributed by atoms with Crippen molar-refractivity contribution in [3.8, 4) is 5.75 Å². The number of carbonyl (C=O) groups excluding carboxylic acids is 1. The van der Waals surface area contributed by atoms with Crippen LogP contribution in [0.3, 0.4) is 0 Å². The molecule has 5 nitrogen and oxygen atoms in total. The van der Waals surface area contributed by atoms with Crippen LogP contribution in [0.5, 0.6) is 5.75 Å². The number of hydrogen-bond donors (Lipinski definition) is 0. The lowest BCUT2D eigenvalue weighted by Crippen LogP contribution is -2.49. The molecule has 1 amide bonds. The van der Waals surface area contributed by atoms with Crippen molar-refractivity contribution in [2.24, 2.45) is 0 Å². The minimum atomic E-state index is 0.0217. The van der Waals surface area contributed by atoms with Crippen molar-refractivity contribution in [1.29, 1.82) is 0 Å². The van der Waals surface area contributed by atoms with Crippen LogP contribution in [0.2, 0.25) is 0 Å². The summed E-state index contributed by atoms with van der Waals surface area (Å²) in [6, 6.07) is 21.7. The Bertz CT molecular complexity index is 953. The molecule has 0 atom stereocenters. The smallest absolute Gasteiger partial charge is 0.258 e. The zero-order chi connectivity index (χ0) is 22.2. The zero-order valence-electron chi connectivity index (χ0n) is 18.7. The lowest BCUT2D eigenvalue weighted by molar-refractivity contribution is 0.0975. The van der Waals surface area contributed by atoms with Crippen molar-refractivity contribution in [2.45, 2.75) is 6.42 Å². The van der Waals surface area contributed by atoms with E-state index in [1.165, 1.54) is 4.88 Å². The summed E-state index contributed by atoms with van der Waals surface area (Å²) in [5, 5.41) is 2.15. The third-order valence-electron chi connectivity index (χ3n) is 6.01. The van der Waals surface area contributed by atoms with Gasteiger partial charge in [0.1, 0.15) is 5.75 Å². The molecule has 1 aromatic heterocycles. The molecule has 6 heteroatoms. The van der Waals surface area contributed by atoms with Crippen molar-refractivity contribution in [1.82, 2.24) is 9.80 Å². The predicted molar refractivity (Wildman–Crippen MR) is 132 cm³/mol. The topological polar surface area (TPSA) is 36.0 Å². The molecule has 1 fully saturated rings. The second-order valence-electron chi connectivity index (χ2n) is 8.03. The third-order valence-corrected chi connectivity index (χ3v) is 6.95. The number of amides is 1. The molecule has 0 saturated carbocycles. The number of para-hydroxylation sites is 1. The van der Waals surface area contributed by atoms with Crippen molar-refractivity contribution < 1.29 is 9.53 Å². The first-order chi connectivity index (χ1) is 15.7. The highest BCUT2D eigenvalue weighted by atomic mass is 32.1. The number of nitrogens with zero attached hydrogens (tertiary/aromatic N) is 3. The summed E-state index contributed by atoms with van der Waals surface area (Å²) in [4.78, 5) is 21.7. The van der Waals surface area contributed by atoms with Gasteiger partial charge in [-0.3, -0.25) is 9.69 Å². The fourth-order valence-corrected chi connectivity index (χ4v) is 4.74. The molecule has 0 radical (unpaired) electrons. The van der Waals surface area contributed by atoms with E-state index in [2.05, 4.69) is 27.3 Å². The van der Waals surface area contributed by atoms with Crippen molar-refractivity contribution in [2.75, 3.05) is 57.8 Å². The van der Waals surface area contributed by atoms with E-state index in [9.17, 15) is 4.79 Å². The molecule has 0 aliphatic carbocycles. The molecule has 1 aliphatic heterocycles. The monoisotopic (exact) mass is 449 g/mol. The Balaban J connectivity index is 1.33. The predicted octanol–water partition coefficient (Wildman–Crippen LogP) is 4.26. The first kappa shape index (κ1) is 22.5. The average Bonchev–Trinajstić information content (AvgIpc) is 3.38. The Morgan fingerprint density at radius 2 is 1.59 bits per heavy atom. The van der Waals surface area contributed by atoms with Gasteiger partial charge in [0.05, 0.1) is 7.11 Å². The third kappa shape index (κ3) is 5.97. The van der Waals surface area contributed by atoms with Crippen LogP contribution in [0.4, 0.5) is 5.69 Å². The highest BCUT2D eigenvalue weighted by Gasteiger charge is 2.21. The molecule has 32 heavy (non-hydrogen) atoms. The molecular weight excluding hydrogens is 418 g/mol. The molecule has 2 heterocycles. The molecule has 0 unspecified atom stereocenters. The second-order valence-corrected chi connectivity index (χ2v) is 9.07. The molecule has 0 N–H and O–H groups in total. The number of hydrogen-bond acceptors (Lipinski definition) is 5. The van der Waals surface area contributed by atoms with Gasteiger partial charge in [-0.15, -0.1) is 11.3 Å². The quantitative estimate of drug-likeness (QED) is 0.489. The zero-order valence-corrected chi connectivity index (χ0v) is 19.5. The summed E-state index contributed by atoms with van der Waals surface area (Å²) in [5.41, 5.74) is 1.61. The minimum absolute atomic E-state index is 0.0217. The highest BCUT2D eigenvalue weighted by molar-refractivity contribution is 7.09. The van der Waals surface area contributed by atoms with Crippen LogP contribution >= 0.6 is 11.3 Å². The van der Waals surface area contributed by atoms with E-state index in [-0.39, 0.29) is 5.91 Å². The van der Waals surface area contributed by atoms with E-state index < -0.39 is 0 Å². The molecule has 0 bridgehead atoms. The fourth-order valence-electron chi connectivity index (χ4n) is 4.05. The van der Waals surface area contributed by atoms with E-state index in [0.717, 1.165) is 57.1 Å². The summed E-state index contributed by atoms with van der Waals surface area (Å²) in [5.74, 6) is 0.776. The Kier molecular flexibility index (Phi) is 7.93. The highest BCUT2D eigenvalue weighted by Crippen LogP contribution is 2.19. The summed E-state index contributed by atoms with van der Waals surface area (Å²) in [6.07, 6.45) is 1.13. The maximum Gasteiger partial charge on any atom is 0.258 e. The van der Waals surface area contributed by atoms with Gasteiger partial charge in [-0.25, -0.2) is 0 Å². The maximum atomic E-state index is 13.3. The van der Waals surface area contributed by atoms with E-state index in [1.807, 2.05) is 70.8 Å². The Morgan fingerprint density at radius 1 is 0.906 bits per heavy atom. The van der Waals surface area contributed by atoms with Crippen LogP contribution in [-0.4, -0.2) is 68.6 Å². The van der Waals surface area contributed by atoms with Gasteiger partial charge in [-0.2, -0.15) is 0 Å². The number of benzene rings is 2. The van der Waals surface area contributed by atoms with Crippen LogP contribution in [0, 0.1) is 0 Å². The SMILES string of the molecule is COc1ccc(C(=O)N(CCN2CCN(CCc3cccs3)CC2)c2ccccc2)cc1. The molecule has 0 spiro atoms. The van der Waals surface area contributed by atoms with E-state index >= 15 is 0 Å². The number of methoxy groups -OCH3 is 1. The molecule has 3 aromatic rings. The van der Waals surface area contributed by atoms with Gasteiger partial charge < -0.3 is 14.5 Å². The largest absolute Gasteiger partial charge is 0.497 e. The van der Waals surface area contributed by atoms with Crippen molar-refractivity contribution in [3.63, 3.8) is 0 Å². The van der Waals surface area contributed by atoms with Crippen LogP contribution in [0.15, 0.2) is 72.1 Å². The summed E-state index contributed by atoms with van der Waals surface area (Å²) in [6.45, 7) is 6.93. The molecule has 1 saturated heterocycles. The molecule has 168 valence electrons.